The zero-order chi connectivity index (χ0) is 27.9. The third-order valence-corrected chi connectivity index (χ3v) is 8.83. The Morgan fingerprint density at radius 2 is 1.85 bits per heavy atom. The summed E-state index contributed by atoms with van der Waals surface area (Å²) in [5.74, 6) is 0.723. The van der Waals surface area contributed by atoms with E-state index in [0.29, 0.717) is 6.04 Å². The highest BCUT2D eigenvalue weighted by atomic mass is 79.9. The van der Waals surface area contributed by atoms with Crippen molar-refractivity contribution in [3.63, 3.8) is 0 Å². The van der Waals surface area contributed by atoms with Crippen LogP contribution in [0.15, 0.2) is 47.5 Å². The summed E-state index contributed by atoms with van der Waals surface area (Å²) in [6.45, 7) is 15.3. The molecule has 1 aromatic carbocycles. The summed E-state index contributed by atoms with van der Waals surface area (Å²) >= 11 is 9.82. The largest absolute Gasteiger partial charge is 0.337 e. The molecule has 1 fully saturated rings. The Bertz CT molecular complexity index is 1150. The third kappa shape index (κ3) is 8.14. The van der Waals surface area contributed by atoms with Crippen molar-refractivity contribution in [2.45, 2.75) is 65.6 Å². The van der Waals surface area contributed by atoms with Crippen LogP contribution in [-0.2, 0) is 19.4 Å². The van der Waals surface area contributed by atoms with Crippen LogP contribution in [-0.4, -0.2) is 70.1 Å². The van der Waals surface area contributed by atoms with E-state index in [1.807, 2.05) is 25.5 Å². The number of benzene rings is 1. The first-order valence-electron chi connectivity index (χ1n) is 14.3. The van der Waals surface area contributed by atoms with Crippen molar-refractivity contribution in [1.82, 2.24) is 29.7 Å². The van der Waals surface area contributed by atoms with Gasteiger partial charge in [0, 0.05) is 60.7 Å². The Hall–Kier alpha value is -1.77. The van der Waals surface area contributed by atoms with Gasteiger partial charge in [-0.2, -0.15) is 0 Å². The monoisotopic (exact) mass is 614 g/mol. The van der Waals surface area contributed by atoms with Gasteiger partial charge in [-0.1, -0.05) is 31.5 Å². The van der Waals surface area contributed by atoms with E-state index in [0.717, 1.165) is 73.2 Å². The molecule has 212 valence electrons. The number of nitrogens with one attached hydrogen (secondary N) is 1. The molecule has 2 atom stereocenters. The number of aryl methyl sites for hydroxylation is 4. The maximum absolute atomic E-state index is 6.25. The van der Waals surface area contributed by atoms with Crippen molar-refractivity contribution >= 4 is 27.5 Å². The van der Waals surface area contributed by atoms with Crippen molar-refractivity contribution in [3.05, 3.63) is 80.6 Å². The smallest absolute Gasteiger partial charge is 0.0949 e. The van der Waals surface area contributed by atoms with E-state index in [9.17, 15) is 0 Å². The maximum atomic E-state index is 6.25. The average molecular weight is 616 g/mol. The molecular weight excluding hydrogens is 572 g/mol. The van der Waals surface area contributed by atoms with E-state index in [4.69, 9.17) is 16.6 Å². The molecule has 6 nitrogen and oxygen atoms in total. The molecule has 2 aromatic heterocycles. The summed E-state index contributed by atoms with van der Waals surface area (Å²) in [6.07, 6.45) is 9.16. The Morgan fingerprint density at radius 1 is 1.10 bits per heavy atom. The quantitative estimate of drug-likeness (QED) is 0.346. The molecule has 39 heavy (non-hydrogen) atoms. The highest BCUT2D eigenvalue weighted by Gasteiger charge is 2.31. The summed E-state index contributed by atoms with van der Waals surface area (Å²) < 4.78 is 3.22. The van der Waals surface area contributed by atoms with Crippen LogP contribution in [0.2, 0.25) is 5.02 Å². The van der Waals surface area contributed by atoms with E-state index >= 15 is 0 Å². The summed E-state index contributed by atoms with van der Waals surface area (Å²) in [6, 6.07) is 9.46. The van der Waals surface area contributed by atoms with Gasteiger partial charge in [-0.3, -0.25) is 9.88 Å². The lowest BCUT2D eigenvalue weighted by molar-refractivity contribution is 0.195. The Kier molecular flexibility index (Phi) is 11.0. The minimum atomic E-state index is 0.231. The molecule has 1 aliphatic carbocycles. The molecule has 3 aromatic rings. The number of piperazine rings is 1. The number of hydrogen-bond donors (Lipinski definition) is 1. The van der Waals surface area contributed by atoms with Gasteiger partial charge in [0.25, 0.3) is 0 Å². The van der Waals surface area contributed by atoms with Crippen LogP contribution in [0.4, 0.5) is 0 Å². The van der Waals surface area contributed by atoms with Gasteiger partial charge in [0.05, 0.1) is 23.8 Å². The van der Waals surface area contributed by atoms with Crippen LogP contribution in [0.5, 0.6) is 0 Å². The standard InChI is InChI=1S/C18H19BrClN3.C13H25N3/c19-14-9-13-2-1-12-10-15(20)3-4-16(12)18(17(13)22-11-14)23-7-5-21-6-8-23;1-11(2)13(4)15(5)7-6-8-16-9-12(3)14-10-16/h3-4,9-11,18,21H,1-2,5-8H2;9-11,13H,6-8H2,1-5H3. The fourth-order valence-electron chi connectivity index (χ4n) is 5.53. The number of pyridine rings is 1. The van der Waals surface area contributed by atoms with Crippen molar-refractivity contribution in [3.8, 4) is 0 Å². The molecule has 0 radical (unpaired) electrons. The van der Waals surface area contributed by atoms with E-state index in [1.165, 1.54) is 28.8 Å². The summed E-state index contributed by atoms with van der Waals surface area (Å²) in [5.41, 5.74) is 6.37. The Labute approximate surface area is 248 Å². The van der Waals surface area contributed by atoms with Gasteiger partial charge >= 0.3 is 0 Å². The lowest BCUT2D eigenvalue weighted by Crippen LogP contribution is -2.45. The summed E-state index contributed by atoms with van der Waals surface area (Å²) in [5, 5.41) is 4.27. The molecule has 2 unspecified atom stereocenters. The molecule has 0 bridgehead atoms. The lowest BCUT2D eigenvalue weighted by atomic mass is 9.96. The molecule has 1 saturated heterocycles. The topological polar surface area (TPSA) is 49.2 Å². The molecule has 1 aliphatic heterocycles. The van der Waals surface area contributed by atoms with Crippen molar-refractivity contribution in [1.29, 1.82) is 0 Å². The van der Waals surface area contributed by atoms with Crippen LogP contribution in [0.25, 0.3) is 0 Å². The predicted molar refractivity (Wildman–Crippen MR) is 166 cm³/mol. The van der Waals surface area contributed by atoms with E-state index in [1.54, 1.807) is 0 Å². The van der Waals surface area contributed by atoms with Gasteiger partial charge in [-0.15, -0.1) is 0 Å². The molecule has 2 aliphatic rings. The van der Waals surface area contributed by atoms with Crippen molar-refractivity contribution in [2.24, 2.45) is 5.92 Å². The molecule has 0 amide bonds. The third-order valence-electron chi connectivity index (χ3n) is 8.16. The molecule has 1 N–H and O–H groups in total. The predicted octanol–water partition coefficient (Wildman–Crippen LogP) is 6.15. The number of hydrogen-bond acceptors (Lipinski definition) is 5. The van der Waals surface area contributed by atoms with Gasteiger partial charge in [0.2, 0.25) is 0 Å². The van der Waals surface area contributed by atoms with Gasteiger partial charge in [-0.05, 0) is 103 Å². The molecule has 8 heteroatoms. The second-order valence-electron chi connectivity index (χ2n) is 11.3. The van der Waals surface area contributed by atoms with Gasteiger partial charge in [0.15, 0.2) is 0 Å². The fraction of sp³-hybridized carbons (Fsp3) is 0.548. The normalized spacial score (nSPS) is 18.2. The van der Waals surface area contributed by atoms with Crippen LogP contribution in [0.1, 0.15) is 61.3 Å². The lowest BCUT2D eigenvalue weighted by Gasteiger charge is -2.35. The number of nitrogens with zero attached hydrogens (tertiary/aromatic N) is 5. The van der Waals surface area contributed by atoms with E-state index in [-0.39, 0.29) is 6.04 Å². The van der Waals surface area contributed by atoms with Crippen molar-refractivity contribution in [2.75, 3.05) is 39.8 Å². The van der Waals surface area contributed by atoms with Gasteiger partial charge in [-0.25, -0.2) is 4.98 Å². The molecular formula is C31H44BrClN6. The number of imidazole rings is 1. The number of rotatable bonds is 7. The first-order chi connectivity index (χ1) is 18.7. The van der Waals surface area contributed by atoms with E-state index in [2.05, 4.69) is 92.8 Å². The Morgan fingerprint density at radius 3 is 2.54 bits per heavy atom. The maximum Gasteiger partial charge on any atom is 0.0949 e. The van der Waals surface area contributed by atoms with Crippen LogP contribution in [0, 0.1) is 12.8 Å². The van der Waals surface area contributed by atoms with Crippen LogP contribution < -0.4 is 5.32 Å². The molecule has 3 heterocycles. The SMILES string of the molecule is Cc1cn(CCCN(C)C(C)C(C)C)cn1.Clc1ccc2c(c1)CCc1cc(Br)cnc1C2N1CCNCC1. The first kappa shape index (κ1) is 30.2. The minimum Gasteiger partial charge on any atom is -0.337 e. The van der Waals surface area contributed by atoms with Gasteiger partial charge < -0.3 is 14.8 Å². The van der Waals surface area contributed by atoms with Gasteiger partial charge in [0.1, 0.15) is 0 Å². The van der Waals surface area contributed by atoms with E-state index < -0.39 is 0 Å². The molecule has 0 spiro atoms. The Balaban J connectivity index is 0.000000195. The summed E-state index contributed by atoms with van der Waals surface area (Å²) in [4.78, 5) is 14.0. The van der Waals surface area contributed by atoms with Crippen LogP contribution >= 0.6 is 27.5 Å². The summed E-state index contributed by atoms with van der Waals surface area (Å²) in [7, 11) is 2.21. The molecule has 0 saturated carbocycles. The number of fused-ring (bicyclic) bond motifs is 2. The average Bonchev–Trinajstić information content (AvgIpc) is 3.27. The number of halogens is 2. The fourth-order valence-corrected chi connectivity index (χ4v) is 6.11. The zero-order valence-electron chi connectivity index (χ0n) is 24.1. The zero-order valence-corrected chi connectivity index (χ0v) is 26.5. The number of aromatic nitrogens is 3. The van der Waals surface area contributed by atoms with Crippen molar-refractivity contribution < 1.29 is 0 Å². The highest BCUT2D eigenvalue weighted by molar-refractivity contribution is 9.10. The first-order valence-corrected chi connectivity index (χ1v) is 15.5. The second-order valence-corrected chi connectivity index (χ2v) is 12.7. The minimum absolute atomic E-state index is 0.231. The molecule has 5 rings (SSSR count). The van der Waals surface area contributed by atoms with Crippen LogP contribution in [0.3, 0.4) is 0 Å². The second kappa shape index (κ2) is 14.2. The highest BCUT2D eigenvalue weighted by Crippen LogP contribution is 2.37.